The summed E-state index contributed by atoms with van der Waals surface area (Å²) >= 11 is 6.03. The van der Waals surface area contributed by atoms with Crippen molar-refractivity contribution >= 4 is 29.3 Å². The second kappa shape index (κ2) is 11.7. The van der Waals surface area contributed by atoms with E-state index in [1.54, 1.807) is 0 Å². The first-order valence-corrected chi connectivity index (χ1v) is 9.81. The highest BCUT2D eigenvalue weighted by atomic mass is 35.5. The van der Waals surface area contributed by atoms with Crippen molar-refractivity contribution in [2.24, 2.45) is 18.1 Å². The molecule has 0 aliphatic rings. The number of nitrogens with one attached hydrogen (secondary N) is 1. The molecule has 11 heteroatoms. The van der Waals surface area contributed by atoms with E-state index in [2.05, 4.69) is 41.2 Å². The van der Waals surface area contributed by atoms with E-state index in [0.29, 0.717) is 4.68 Å². The number of amides is 1. The van der Waals surface area contributed by atoms with E-state index in [0.717, 1.165) is 38.4 Å². The van der Waals surface area contributed by atoms with Crippen LogP contribution >= 0.6 is 11.6 Å². The molecule has 0 unspecified atom stereocenters. The maximum atomic E-state index is 14.4. The first-order chi connectivity index (χ1) is 14.8. The molecule has 6 nitrogen and oxygen atoms in total. The minimum absolute atomic E-state index is 0.104. The number of halogens is 5. The molecule has 2 rings (SSSR count). The van der Waals surface area contributed by atoms with Crippen molar-refractivity contribution < 1.29 is 27.2 Å². The molecule has 0 radical (unpaired) electrons. The summed E-state index contributed by atoms with van der Waals surface area (Å²) in [6, 6.07) is 3.74. The molecule has 0 aliphatic carbocycles. The lowest BCUT2D eigenvalue weighted by molar-refractivity contribution is -0.143. The fraction of sp³-hybridized carbons (Fsp3) is 0.381. The number of aromatic nitrogens is 2. The monoisotopic (exact) mass is 476 g/mol. The summed E-state index contributed by atoms with van der Waals surface area (Å²) in [5.74, 6) is -0.826. The maximum Gasteiger partial charge on any atom is 0.433 e. The Kier molecular flexibility index (Phi) is 9.89. The summed E-state index contributed by atoms with van der Waals surface area (Å²) in [5.41, 5.74) is -2.56. The second-order valence-electron chi connectivity index (χ2n) is 7.16. The molecule has 1 heterocycles. The number of likely N-dealkylation sites (N-methyl/N-ethyl adjacent to an activating group) is 1. The van der Waals surface area contributed by atoms with Gasteiger partial charge in [0.05, 0.1) is 22.4 Å². The molecule has 0 saturated heterocycles. The predicted molar refractivity (Wildman–Crippen MR) is 116 cm³/mol. The zero-order valence-electron chi connectivity index (χ0n) is 18.5. The number of alkyl halides is 3. The van der Waals surface area contributed by atoms with Crippen molar-refractivity contribution in [2.45, 2.75) is 26.9 Å². The van der Waals surface area contributed by atoms with Crippen LogP contribution in [0.1, 0.15) is 37.6 Å². The lowest BCUT2D eigenvalue weighted by atomic mass is 9.98. The summed E-state index contributed by atoms with van der Waals surface area (Å²) in [6.45, 7) is 6.50. The summed E-state index contributed by atoms with van der Waals surface area (Å²) < 4.78 is 55.1. The highest BCUT2D eigenvalue weighted by Crippen LogP contribution is 2.33. The number of oxime groups is 1. The number of carbonyl (C=O) groups excluding carboxylic acids is 1. The average molecular weight is 477 g/mol. The minimum Gasteiger partial charge on any atom is -0.399 e. The maximum absolute atomic E-state index is 14.4. The predicted octanol–water partition coefficient (Wildman–Crippen LogP) is 5.07. The smallest absolute Gasteiger partial charge is 0.399 e. The second-order valence-corrected chi connectivity index (χ2v) is 7.57. The zero-order valence-corrected chi connectivity index (χ0v) is 19.3. The first kappa shape index (κ1) is 27.2. The highest BCUT2D eigenvalue weighted by Gasteiger charge is 2.37. The summed E-state index contributed by atoms with van der Waals surface area (Å²) in [6.07, 6.45) is -2.91. The Morgan fingerprint density at radius 3 is 2.38 bits per heavy atom. The molecule has 2 aromatic rings. The van der Waals surface area contributed by atoms with E-state index in [4.69, 9.17) is 11.6 Å². The lowest BCUT2D eigenvalue weighted by Crippen LogP contribution is -2.26. The molecule has 1 amide bonds. The van der Waals surface area contributed by atoms with Crippen LogP contribution in [-0.2, 0) is 22.9 Å². The van der Waals surface area contributed by atoms with Crippen LogP contribution in [0.15, 0.2) is 35.1 Å². The molecular weight excluding hydrogens is 452 g/mol. The molecule has 32 heavy (non-hydrogen) atoms. The van der Waals surface area contributed by atoms with Crippen molar-refractivity contribution in [3.8, 4) is 0 Å². The Hall–Kier alpha value is -2.88. The van der Waals surface area contributed by atoms with Gasteiger partial charge in [0.1, 0.15) is 24.3 Å². The van der Waals surface area contributed by atoms with Gasteiger partial charge in [-0.15, -0.1) is 0 Å². The van der Waals surface area contributed by atoms with Gasteiger partial charge in [0.15, 0.2) is 0 Å². The summed E-state index contributed by atoms with van der Waals surface area (Å²) in [5, 5.41) is 9.39. The van der Waals surface area contributed by atoms with Gasteiger partial charge in [0, 0.05) is 19.7 Å². The third kappa shape index (κ3) is 7.08. The number of benzene rings is 1. The molecule has 0 aliphatic heterocycles. The first-order valence-electron chi connectivity index (χ1n) is 9.43. The van der Waals surface area contributed by atoms with Crippen molar-refractivity contribution in [2.75, 3.05) is 14.2 Å². The normalized spacial score (nSPS) is 12.4. The number of hydrogen-bond donors (Lipinski definition) is 1. The molecule has 0 fully saturated rings. The van der Waals surface area contributed by atoms with Gasteiger partial charge < -0.3 is 10.2 Å². The van der Waals surface area contributed by atoms with Crippen LogP contribution < -0.4 is 5.32 Å². The molecule has 1 N–H and O–H groups in total. The fourth-order valence-electron chi connectivity index (χ4n) is 2.48. The quantitative estimate of drug-likeness (QED) is 0.283. The molecule has 1 aromatic heterocycles. The summed E-state index contributed by atoms with van der Waals surface area (Å²) in [7, 11) is 3.51. The van der Waals surface area contributed by atoms with Crippen LogP contribution in [0.5, 0.6) is 0 Å². The number of carbonyl (C=O) groups is 1. The Morgan fingerprint density at radius 2 is 1.91 bits per heavy atom. The molecule has 0 spiro atoms. The van der Waals surface area contributed by atoms with E-state index >= 15 is 0 Å². The van der Waals surface area contributed by atoms with Gasteiger partial charge in [-0.05, 0) is 24.1 Å². The Bertz CT molecular complexity index is 975. The average Bonchev–Trinajstić information content (AvgIpc) is 3.05. The summed E-state index contributed by atoms with van der Waals surface area (Å²) in [4.78, 5) is 17.1. The topological polar surface area (TPSA) is 68.5 Å². The lowest BCUT2D eigenvalue weighted by Gasteiger charge is -2.13. The number of rotatable bonds is 5. The standard InChI is InChI=1S/C17H15ClF4N4O2.C4H10/c1-23-16(27)10(7-9-8-24-26(2)15(9)17(20,21)22)14(25-28-3)13-11(18)5-4-6-12(13)19;1-4(2)3/h4-8H,1-3H3,(H,23,27);4H,1-3H3/b10-7-,25-14+;. The third-order valence-electron chi connectivity index (χ3n) is 3.64. The van der Waals surface area contributed by atoms with Crippen LogP contribution in [0.4, 0.5) is 17.6 Å². The Labute approximate surface area is 188 Å². The van der Waals surface area contributed by atoms with E-state index in [9.17, 15) is 22.4 Å². The largest absolute Gasteiger partial charge is 0.433 e. The van der Waals surface area contributed by atoms with Crippen LogP contribution in [0.2, 0.25) is 5.02 Å². The van der Waals surface area contributed by atoms with Gasteiger partial charge in [-0.2, -0.15) is 18.3 Å². The van der Waals surface area contributed by atoms with E-state index in [1.165, 1.54) is 19.2 Å². The number of hydrogen-bond acceptors (Lipinski definition) is 4. The van der Waals surface area contributed by atoms with Gasteiger partial charge in [0.2, 0.25) is 0 Å². The molecule has 0 saturated carbocycles. The molecular formula is C21H25ClF4N4O2. The number of nitrogens with zero attached hydrogens (tertiary/aromatic N) is 3. The molecule has 176 valence electrons. The highest BCUT2D eigenvalue weighted by molar-refractivity contribution is 6.39. The molecule has 1 aromatic carbocycles. The van der Waals surface area contributed by atoms with Crippen LogP contribution in [-0.4, -0.2) is 35.6 Å². The minimum atomic E-state index is -4.74. The van der Waals surface area contributed by atoms with Crippen LogP contribution in [0.25, 0.3) is 6.08 Å². The Morgan fingerprint density at radius 1 is 1.31 bits per heavy atom. The van der Waals surface area contributed by atoms with Gasteiger partial charge in [0.25, 0.3) is 5.91 Å². The molecule has 0 bridgehead atoms. The van der Waals surface area contributed by atoms with E-state index in [1.807, 2.05) is 0 Å². The zero-order chi connectivity index (χ0) is 24.6. The fourth-order valence-corrected chi connectivity index (χ4v) is 2.74. The van der Waals surface area contributed by atoms with Gasteiger partial charge in [-0.25, -0.2) is 4.39 Å². The Balaban J connectivity index is 0.00000118. The number of aryl methyl sites for hydroxylation is 1. The van der Waals surface area contributed by atoms with Crippen molar-refractivity contribution in [1.82, 2.24) is 15.1 Å². The van der Waals surface area contributed by atoms with Crippen molar-refractivity contribution in [1.29, 1.82) is 0 Å². The van der Waals surface area contributed by atoms with Crippen LogP contribution in [0.3, 0.4) is 0 Å². The van der Waals surface area contributed by atoms with Gasteiger partial charge >= 0.3 is 6.18 Å². The van der Waals surface area contributed by atoms with Crippen molar-refractivity contribution in [3.05, 3.63) is 57.6 Å². The van der Waals surface area contributed by atoms with E-state index in [-0.39, 0.29) is 16.3 Å². The van der Waals surface area contributed by atoms with Gasteiger partial charge in [-0.3, -0.25) is 9.48 Å². The SMILES string of the molecule is CC(C)C.CNC(=O)C(=C\c1cnn(C)c1C(F)(F)F)/C(=N\OC)c1c(F)cccc1Cl. The third-order valence-corrected chi connectivity index (χ3v) is 3.96. The van der Waals surface area contributed by atoms with Crippen LogP contribution in [0, 0.1) is 11.7 Å². The van der Waals surface area contributed by atoms with Gasteiger partial charge in [-0.1, -0.05) is 43.6 Å². The van der Waals surface area contributed by atoms with Crippen molar-refractivity contribution in [3.63, 3.8) is 0 Å². The van der Waals surface area contributed by atoms with E-state index < -0.39 is 34.7 Å². The molecule has 0 atom stereocenters.